The molecule has 0 saturated carbocycles. The second-order valence-corrected chi connectivity index (χ2v) is 4.12. The summed E-state index contributed by atoms with van der Waals surface area (Å²) in [7, 11) is 0. The Balaban J connectivity index is 3.22. The number of amides is 1. The minimum absolute atomic E-state index is 0.0981. The van der Waals surface area contributed by atoms with Crippen LogP contribution >= 0.6 is 15.9 Å². The molecule has 0 heterocycles. The molecule has 1 aromatic rings. The number of ether oxygens (including phenoxy) is 1. The normalized spacial score (nSPS) is 10.3. The van der Waals surface area contributed by atoms with Crippen molar-refractivity contribution in [3.8, 4) is 24.2 Å². The molecule has 0 aliphatic heterocycles. The van der Waals surface area contributed by atoms with Crippen LogP contribution in [0.2, 0.25) is 0 Å². The third-order valence-electron chi connectivity index (χ3n) is 1.97. The monoisotopic (exact) mass is 304 g/mol. The lowest BCUT2D eigenvalue weighted by Gasteiger charge is -2.07. The molecule has 1 amide bonds. The Morgan fingerprint density at radius 1 is 1.61 bits per heavy atom. The number of nitrogens with two attached hydrogens (primary N) is 1. The predicted octanol–water partition coefficient (Wildman–Crippen LogP) is 1.85. The van der Waals surface area contributed by atoms with Crippen molar-refractivity contribution in [2.24, 2.45) is 5.73 Å². The molecule has 5 heteroatoms. The quantitative estimate of drug-likeness (QED) is 0.524. The third-order valence-corrected chi connectivity index (χ3v) is 2.46. The van der Waals surface area contributed by atoms with Crippen LogP contribution in [-0.2, 0) is 4.79 Å². The van der Waals surface area contributed by atoms with E-state index in [1.165, 1.54) is 6.08 Å². The number of halogens is 1. The molecule has 1 aromatic carbocycles. The van der Waals surface area contributed by atoms with Crippen LogP contribution in [0.1, 0.15) is 5.56 Å². The molecule has 0 spiro atoms. The van der Waals surface area contributed by atoms with Crippen molar-refractivity contribution in [3.05, 3.63) is 33.8 Å². The standard InChI is InChI=1S/C13H9BrN2O2/c1-2-5-18-12-4-3-11(14)7-9(12)6-10(8-15)13(16)17/h1,3-4,6-7H,5H2,(H2,16,17)/b10-6+. The Hall–Kier alpha value is -2.24. The second kappa shape index (κ2) is 6.48. The molecule has 0 bridgehead atoms. The first-order chi connectivity index (χ1) is 8.58. The predicted molar refractivity (Wildman–Crippen MR) is 71.3 cm³/mol. The first kappa shape index (κ1) is 13.8. The molecule has 0 atom stereocenters. The van der Waals surface area contributed by atoms with Gasteiger partial charge in [0.1, 0.15) is 24.0 Å². The van der Waals surface area contributed by atoms with Gasteiger partial charge in [-0.15, -0.1) is 6.42 Å². The number of carbonyl (C=O) groups is 1. The Morgan fingerprint density at radius 2 is 2.33 bits per heavy atom. The van der Waals surface area contributed by atoms with Gasteiger partial charge in [0, 0.05) is 10.0 Å². The number of nitrogens with zero attached hydrogens (tertiary/aromatic N) is 1. The fraction of sp³-hybridized carbons (Fsp3) is 0.0769. The molecule has 90 valence electrons. The smallest absolute Gasteiger partial charge is 0.259 e. The molecule has 0 radical (unpaired) electrons. The van der Waals surface area contributed by atoms with Crippen molar-refractivity contribution in [1.82, 2.24) is 0 Å². The van der Waals surface area contributed by atoms with E-state index < -0.39 is 5.91 Å². The first-order valence-corrected chi connectivity index (χ1v) is 5.65. The van der Waals surface area contributed by atoms with E-state index in [1.54, 1.807) is 24.3 Å². The van der Waals surface area contributed by atoms with Crippen molar-refractivity contribution in [1.29, 1.82) is 5.26 Å². The van der Waals surface area contributed by atoms with Crippen LogP contribution < -0.4 is 10.5 Å². The Morgan fingerprint density at radius 3 is 2.89 bits per heavy atom. The van der Waals surface area contributed by atoms with Crippen LogP contribution in [0.15, 0.2) is 28.2 Å². The van der Waals surface area contributed by atoms with Gasteiger partial charge in [-0.2, -0.15) is 5.26 Å². The summed E-state index contributed by atoms with van der Waals surface area (Å²) < 4.78 is 6.08. The van der Waals surface area contributed by atoms with Gasteiger partial charge in [-0.1, -0.05) is 21.9 Å². The SMILES string of the molecule is C#CCOc1ccc(Br)cc1/C=C(\C#N)C(N)=O. The number of primary amides is 1. The van der Waals surface area contributed by atoms with Gasteiger partial charge in [0.2, 0.25) is 0 Å². The highest BCUT2D eigenvalue weighted by atomic mass is 79.9. The molecule has 4 nitrogen and oxygen atoms in total. The highest BCUT2D eigenvalue weighted by Crippen LogP contribution is 2.25. The summed E-state index contributed by atoms with van der Waals surface area (Å²) in [6, 6.07) is 6.88. The Kier molecular flexibility index (Phi) is 4.98. The van der Waals surface area contributed by atoms with Gasteiger partial charge in [-0.05, 0) is 24.3 Å². The highest BCUT2D eigenvalue weighted by Gasteiger charge is 2.07. The molecule has 0 unspecified atom stereocenters. The molecule has 0 fully saturated rings. The van der Waals surface area contributed by atoms with E-state index in [9.17, 15) is 4.79 Å². The average molecular weight is 305 g/mol. The van der Waals surface area contributed by atoms with Gasteiger partial charge >= 0.3 is 0 Å². The van der Waals surface area contributed by atoms with Crippen molar-refractivity contribution in [2.45, 2.75) is 0 Å². The lowest BCUT2D eigenvalue weighted by Crippen LogP contribution is -2.12. The van der Waals surface area contributed by atoms with Gasteiger partial charge in [-0.25, -0.2) is 0 Å². The highest BCUT2D eigenvalue weighted by molar-refractivity contribution is 9.10. The van der Waals surface area contributed by atoms with Gasteiger partial charge in [0.15, 0.2) is 0 Å². The van der Waals surface area contributed by atoms with Crippen LogP contribution in [-0.4, -0.2) is 12.5 Å². The minimum Gasteiger partial charge on any atom is -0.480 e. The van der Waals surface area contributed by atoms with Gasteiger partial charge in [-0.3, -0.25) is 4.79 Å². The summed E-state index contributed by atoms with van der Waals surface area (Å²) in [5.41, 5.74) is 5.47. The summed E-state index contributed by atoms with van der Waals surface area (Å²) in [6.07, 6.45) is 6.47. The number of benzene rings is 1. The van der Waals surface area contributed by atoms with Gasteiger partial charge in [0.25, 0.3) is 5.91 Å². The van der Waals surface area contributed by atoms with E-state index in [0.29, 0.717) is 11.3 Å². The Labute approximate surface area is 113 Å². The molecule has 0 saturated heterocycles. The van der Waals surface area contributed by atoms with Crippen molar-refractivity contribution in [2.75, 3.05) is 6.61 Å². The number of nitriles is 1. The summed E-state index contributed by atoms with van der Waals surface area (Å²) in [6.45, 7) is 0.0981. The number of carbonyl (C=O) groups excluding carboxylic acids is 1. The molecule has 2 N–H and O–H groups in total. The van der Waals surface area contributed by atoms with Crippen LogP contribution in [0.25, 0.3) is 6.08 Å². The zero-order valence-corrected chi connectivity index (χ0v) is 10.9. The summed E-state index contributed by atoms with van der Waals surface area (Å²) in [5.74, 6) is 2.02. The topological polar surface area (TPSA) is 76.1 Å². The van der Waals surface area contributed by atoms with Crippen LogP contribution in [0.5, 0.6) is 5.75 Å². The van der Waals surface area contributed by atoms with Crippen LogP contribution in [0.3, 0.4) is 0 Å². The average Bonchev–Trinajstić information content (AvgIpc) is 2.34. The number of terminal acetylenes is 1. The molecule has 0 aliphatic carbocycles. The van der Waals surface area contributed by atoms with Gasteiger partial charge in [0.05, 0.1) is 0 Å². The molecule has 1 rings (SSSR count). The van der Waals surface area contributed by atoms with E-state index in [2.05, 4.69) is 21.9 Å². The fourth-order valence-electron chi connectivity index (χ4n) is 1.20. The summed E-state index contributed by atoms with van der Waals surface area (Å²) in [5, 5.41) is 8.79. The number of hydrogen-bond donors (Lipinski definition) is 1. The van der Waals surface area contributed by atoms with E-state index >= 15 is 0 Å². The minimum atomic E-state index is -0.791. The second-order valence-electron chi connectivity index (χ2n) is 3.21. The maximum absolute atomic E-state index is 11.0. The maximum atomic E-state index is 11.0. The van der Waals surface area contributed by atoms with E-state index in [0.717, 1.165) is 4.47 Å². The third kappa shape index (κ3) is 3.65. The van der Waals surface area contributed by atoms with Crippen molar-refractivity contribution >= 4 is 27.9 Å². The molecule has 0 aromatic heterocycles. The zero-order chi connectivity index (χ0) is 13.5. The molecular formula is C13H9BrN2O2. The van der Waals surface area contributed by atoms with E-state index in [-0.39, 0.29) is 12.2 Å². The lowest BCUT2D eigenvalue weighted by atomic mass is 10.1. The number of rotatable bonds is 4. The lowest BCUT2D eigenvalue weighted by molar-refractivity contribution is -0.114. The van der Waals surface area contributed by atoms with E-state index in [1.807, 2.05) is 0 Å². The Bertz CT molecular complexity index is 580. The largest absolute Gasteiger partial charge is 0.480 e. The van der Waals surface area contributed by atoms with E-state index in [4.69, 9.17) is 22.2 Å². The van der Waals surface area contributed by atoms with Gasteiger partial charge < -0.3 is 10.5 Å². The maximum Gasteiger partial charge on any atom is 0.259 e. The van der Waals surface area contributed by atoms with Crippen molar-refractivity contribution < 1.29 is 9.53 Å². The number of hydrogen-bond acceptors (Lipinski definition) is 3. The summed E-state index contributed by atoms with van der Waals surface area (Å²) in [4.78, 5) is 11.0. The first-order valence-electron chi connectivity index (χ1n) is 4.86. The van der Waals surface area contributed by atoms with Crippen LogP contribution in [0, 0.1) is 23.7 Å². The fourth-order valence-corrected chi connectivity index (χ4v) is 1.58. The summed E-state index contributed by atoms with van der Waals surface area (Å²) >= 11 is 3.29. The molecule has 18 heavy (non-hydrogen) atoms. The molecular weight excluding hydrogens is 296 g/mol. The zero-order valence-electron chi connectivity index (χ0n) is 9.31. The van der Waals surface area contributed by atoms with Crippen molar-refractivity contribution in [3.63, 3.8) is 0 Å². The molecule has 0 aliphatic rings. The van der Waals surface area contributed by atoms with Crippen LogP contribution in [0.4, 0.5) is 0 Å².